The Morgan fingerprint density at radius 1 is 1.11 bits per heavy atom. The van der Waals surface area contributed by atoms with Crippen LogP contribution in [-0.4, -0.2) is 33.2 Å². The molecular formula is C18H13N3O6. The van der Waals surface area contributed by atoms with Gasteiger partial charge in [0.2, 0.25) is 0 Å². The molecule has 0 saturated carbocycles. The fraction of sp³-hybridized carbons (Fsp3) is 0.0556. The third kappa shape index (κ3) is 3.38. The number of amides is 1. The summed E-state index contributed by atoms with van der Waals surface area (Å²) in [6, 6.07) is 11.7. The van der Waals surface area contributed by atoms with Crippen LogP contribution in [0.15, 0.2) is 53.3 Å². The number of pyridine rings is 1. The number of aromatic nitrogens is 1. The molecule has 0 aliphatic carbocycles. The Hall–Kier alpha value is -4.01. The summed E-state index contributed by atoms with van der Waals surface area (Å²) in [5.74, 6) is -2.18. The summed E-state index contributed by atoms with van der Waals surface area (Å²) in [5, 5.41) is 23.7. The van der Waals surface area contributed by atoms with Gasteiger partial charge in [0.25, 0.3) is 17.2 Å². The first-order chi connectivity index (χ1) is 12.9. The standard InChI is InChI=1S/C18H13N3O6/c22-14(11-6-2-4-8-13(11)21(26)27)9-19-17(24)15-16(23)10-5-1-3-7-12(10)20-18(15)25/h1-8H,9H2,(H,19,24)(H2,20,23,25). The Balaban J connectivity index is 1.85. The first-order valence-corrected chi connectivity index (χ1v) is 7.79. The number of hydrogen-bond acceptors (Lipinski definition) is 6. The molecule has 0 fully saturated rings. The van der Waals surface area contributed by atoms with Crippen LogP contribution in [0.25, 0.3) is 10.9 Å². The van der Waals surface area contributed by atoms with E-state index in [2.05, 4.69) is 10.3 Å². The van der Waals surface area contributed by atoms with Crippen LogP contribution < -0.4 is 10.9 Å². The molecule has 0 aliphatic rings. The minimum absolute atomic E-state index is 0.167. The maximum absolute atomic E-state index is 12.3. The van der Waals surface area contributed by atoms with Crippen molar-refractivity contribution in [3.05, 3.63) is 80.1 Å². The summed E-state index contributed by atoms with van der Waals surface area (Å²) in [4.78, 5) is 49.4. The van der Waals surface area contributed by atoms with Crippen molar-refractivity contribution in [2.45, 2.75) is 0 Å². The number of nitrogens with one attached hydrogen (secondary N) is 2. The van der Waals surface area contributed by atoms with Gasteiger partial charge in [-0.2, -0.15) is 0 Å². The van der Waals surface area contributed by atoms with Gasteiger partial charge in [-0.1, -0.05) is 24.3 Å². The van der Waals surface area contributed by atoms with Crippen LogP contribution in [-0.2, 0) is 0 Å². The summed E-state index contributed by atoms with van der Waals surface area (Å²) in [6.07, 6.45) is 0. The molecule has 0 saturated heterocycles. The fourth-order valence-electron chi connectivity index (χ4n) is 2.65. The van der Waals surface area contributed by atoms with Crippen molar-refractivity contribution < 1.29 is 19.6 Å². The zero-order chi connectivity index (χ0) is 19.6. The number of carbonyl (C=O) groups excluding carboxylic acids is 2. The number of nitrogens with zero attached hydrogens (tertiary/aromatic N) is 1. The van der Waals surface area contributed by atoms with Crippen molar-refractivity contribution in [2.75, 3.05) is 6.54 Å². The van der Waals surface area contributed by atoms with E-state index < -0.39 is 40.0 Å². The number of nitro benzene ring substituents is 1. The lowest BCUT2D eigenvalue weighted by molar-refractivity contribution is -0.385. The number of aromatic hydroxyl groups is 1. The van der Waals surface area contributed by atoms with E-state index in [1.165, 1.54) is 30.3 Å². The van der Waals surface area contributed by atoms with E-state index in [0.29, 0.717) is 5.52 Å². The zero-order valence-electron chi connectivity index (χ0n) is 13.8. The predicted molar refractivity (Wildman–Crippen MR) is 96.0 cm³/mol. The predicted octanol–water partition coefficient (Wildman–Crippen LogP) is 1.75. The third-order valence-corrected chi connectivity index (χ3v) is 3.93. The molecule has 0 radical (unpaired) electrons. The van der Waals surface area contributed by atoms with Gasteiger partial charge in [0.15, 0.2) is 5.78 Å². The van der Waals surface area contributed by atoms with E-state index in [1.54, 1.807) is 18.2 Å². The summed E-state index contributed by atoms with van der Waals surface area (Å²) >= 11 is 0. The van der Waals surface area contributed by atoms with Crippen molar-refractivity contribution in [3.63, 3.8) is 0 Å². The topological polar surface area (TPSA) is 142 Å². The average Bonchev–Trinajstić information content (AvgIpc) is 2.66. The van der Waals surface area contributed by atoms with Crippen molar-refractivity contribution in [1.29, 1.82) is 0 Å². The van der Waals surface area contributed by atoms with Gasteiger partial charge >= 0.3 is 0 Å². The Labute approximate surface area is 151 Å². The molecule has 9 heteroatoms. The molecule has 1 amide bonds. The number of hydrogen-bond donors (Lipinski definition) is 3. The van der Waals surface area contributed by atoms with Gasteiger partial charge in [-0.25, -0.2) is 0 Å². The van der Waals surface area contributed by atoms with Gasteiger partial charge in [-0.15, -0.1) is 0 Å². The Morgan fingerprint density at radius 2 is 1.78 bits per heavy atom. The molecule has 27 heavy (non-hydrogen) atoms. The summed E-state index contributed by atoms with van der Waals surface area (Å²) in [6.45, 7) is -0.574. The molecule has 1 heterocycles. The SMILES string of the molecule is O=C(CNC(=O)c1c(O)c2ccccc2[nH]c1=O)c1ccccc1[N+](=O)[O-]. The van der Waals surface area contributed by atoms with Crippen molar-refractivity contribution in [2.24, 2.45) is 0 Å². The van der Waals surface area contributed by atoms with Gasteiger partial charge in [-0.05, 0) is 18.2 Å². The third-order valence-electron chi connectivity index (χ3n) is 3.93. The molecule has 3 rings (SSSR count). The highest BCUT2D eigenvalue weighted by atomic mass is 16.6. The molecule has 0 spiro atoms. The number of Topliss-reactive ketones (excluding diaryl/α,β-unsaturated/α-hetero) is 1. The first kappa shape index (κ1) is 17.8. The van der Waals surface area contributed by atoms with E-state index in [1.807, 2.05) is 0 Å². The van der Waals surface area contributed by atoms with E-state index in [9.17, 15) is 29.6 Å². The van der Waals surface area contributed by atoms with Gasteiger partial charge in [0, 0.05) is 11.5 Å². The minimum Gasteiger partial charge on any atom is -0.506 e. The van der Waals surface area contributed by atoms with Crippen LogP contribution in [0.1, 0.15) is 20.7 Å². The largest absolute Gasteiger partial charge is 0.506 e. The summed E-state index contributed by atoms with van der Waals surface area (Å²) < 4.78 is 0. The highest BCUT2D eigenvalue weighted by Crippen LogP contribution is 2.24. The number of fused-ring (bicyclic) bond motifs is 1. The molecule has 1 aromatic heterocycles. The molecule has 2 aromatic carbocycles. The zero-order valence-corrected chi connectivity index (χ0v) is 13.8. The lowest BCUT2D eigenvalue weighted by Gasteiger charge is -2.08. The molecule has 0 unspecified atom stereocenters. The van der Waals surface area contributed by atoms with Crippen LogP contribution in [0, 0.1) is 10.1 Å². The lowest BCUT2D eigenvalue weighted by Crippen LogP contribution is -2.33. The molecule has 136 valence electrons. The van der Waals surface area contributed by atoms with Gasteiger partial charge < -0.3 is 15.4 Å². The van der Waals surface area contributed by atoms with Gasteiger partial charge in [0.1, 0.15) is 11.3 Å². The number of benzene rings is 2. The number of rotatable bonds is 5. The summed E-state index contributed by atoms with van der Waals surface area (Å²) in [7, 11) is 0. The molecule has 3 aromatic rings. The Morgan fingerprint density at radius 3 is 2.52 bits per heavy atom. The van der Waals surface area contributed by atoms with E-state index >= 15 is 0 Å². The van der Waals surface area contributed by atoms with E-state index in [-0.39, 0.29) is 16.6 Å². The van der Waals surface area contributed by atoms with Crippen LogP contribution in [0.2, 0.25) is 0 Å². The average molecular weight is 367 g/mol. The molecule has 0 bridgehead atoms. The van der Waals surface area contributed by atoms with Crippen LogP contribution in [0.3, 0.4) is 0 Å². The van der Waals surface area contributed by atoms with Gasteiger partial charge in [-0.3, -0.25) is 24.5 Å². The number of para-hydroxylation sites is 2. The monoisotopic (exact) mass is 367 g/mol. The second-order valence-electron chi connectivity index (χ2n) is 5.60. The first-order valence-electron chi connectivity index (χ1n) is 7.79. The molecule has 3 N–H and O–H groups in total. The lowest BCUT2D eigenvalue weighted by atomic mass is 10.1. The smallest absolute Gasteiger partial charge is 0.280 e. The number of H-pyrrole nitrogens is 1. The number of aromatic amines is 1. The number of carbonyl (C=O) groups is 2. The van der Waals surface area contributed by atoms with Crippen molar-refractivity contribution in [1.82, 2.24) is 10.3 Å². The second-order valence-corrected chi connectivity index (χ2v) is 5.60. The Kier molecular flexibility index (Phi) is 4.67. The highest BCUT2D eigenvalue weighted by Gasteiger charge is 2.22. The normalized spacial score (nSPS) is 10.5. The van der Waals surface area contributed by atoms with Crippen LogP contribution >= 0.6 is 0 Å². The maximum Gasteiger partial charge on any atom is 0.280 e. The quantitative estimate of drug-likeness (QED) is 0.356. The summed E-state index contributed by atoms with van der Waals surface area (Å²) in [5.41, 5.74) is -1.55. The van der Waals surface area contributed by atoms with E-state index in [4.69, 9.17) is 0 Å². The number of ketones is 1. The second kappa shape index (κ2) is 7.08. The fourth-order valence-corrected chi connectivity index (χ4v) is 2.65. The molecule has 0 aliphatic heterocycles. The minimum atomic E-state index is -0.966. The van der Waals surface area contributed by atoms with E-state index in [0.717, 1.165) is 0 Å². The maximum atomic E-state index is 12.3. The van der Waals surface area contributed by atoms with Crippen LogP contribution in [0.4, 0.5) is 5.69 Å². The van der Waals surface area contributed by atoms with Crippen molar-refractivity contribution >= 4 is 28.3 Å². The van der Waals surface area contributed by atoms with Gasteiger partial charge in [0.05, 0.1) is 22.5 Å². The molecular weight excluding hydrogens is 354 g/mol. The Bertz CT molecular complexity index is 1140. The molecule has 9 nitrogen and oxygen atoms in total. The number of nitro groups is 1. The molecule has 0 atom stereocenters. The highest BCUT2D eigenvalue weighted by molar-refractivity contribution is 6.06. The van der Waals surface area contributed by atoms with Crippen molar-refractivity contribution in [3.8, 4) is 5.75 Å². The van der Waals surface area contributed by atoms with Crippen LogP contribution in [0.5, 0.6) is 5.75 Å².